The van der Waals surface area contributed by atoms with Gasteiger partial charge in [-0.15, -0.1) is 5.10 Å². The van der Waals surface area contributed by atoms with E-state index in [2.05, 4.69) is 20.5 Å². The van der Waals surface area contributed by atoms with Crippen LogP contribution in [0.25, 0.3) is 0 Å². The molecule has 0 saturated carbocycles. The van der Waals surface area contributed by atoms with E-state index in [1.165, 1.54) is 29.2 Å². The smallest absolute Gasteiger partial charge is 0.352 e. The predicted molar refractivity (Wildman–Crippen MR) is 59.8 cm³/mol. The lowest BCUT2D eigenvalue weighted by atomic mass is 10.4. The van der Waals surface area contributed by atoms with E-state index in [4.69, 9.17) is 5.11 Å². The van der Waals surface area contributed by atoms with Crippen LogP contribution in [0.5, 0.6) is 0 Å². The number of carbonyl (C=O) groups is 2. The number of rotatable bonds is 4. The van der Waals surface area contributed by atoms with Crippen LogP contribution in [0.3, 0.4) is 0 Å². The topological polar surface area (TPSA) is 110 Å². The Balaban J connectivity index is 2.04. The van der Waals surface area contributed by atoms with Gasteiger partial charge in [-0.25, -0.2) is 9.78 Å². The molecule has 8 nitrogen and oxygen atoms in total. The lowest BCUT2D eigenvalue weighted by Gasteiger charge is -2.05. The van der Waals surface area contributed by atoms with Crippen molar-refractivity contribution in [1.29, 1.82) is 0 Å². The van der Waals surface area contributed by atoms with E-state index in [-0.39, 0.29) is 18.2 Å². The van der Waals surface area contributed by atoms with Crippen molar-refractivity contribution in [1.82, 2.24) is 19.7 Å². The largest absolute Gasteiger partial charge is 0.477 e. The van der Waals surface area contributed by atoms with E-state index >= 15 is 0 Å². The lowest BCUT2D eigenvalue weighted by Crippen LogP contribution is -2.22. The minimum Gasteiger partial charge on any atom is -0.477 e. The summed E-state index contributed by atoms with van der Waals surface area (Å²) in [7, 11) is 0. The minimum absolute atomic E-state index is 0.0391. The Kier molecular flexibility index (Phi) is 3.28. The molecule has 0 saturated heterocycles. The molecule has 92 valence electrons. The van der Waals surface area contributed by atoms with Gasteiger partial charge in [-0.2, -0.15) is 5.10 Å². The number of nitrogens with one attached hydrogen (secondary N) is 1. The van der Waals surface area contributed by atoms with Gasteiger partial charge in [0.05, 0.1) is 12.4 Å². The highest BCUT2D eigenvalue weighted by atomic mass is 16.4. The first-order valence-electron chi connectivity index (χ1n) is 4.99. The number of carboxylic acids is 1. The van der Waals surface area contributed by atoms with Crippen LogP contribution in [-0.4, -0.2) is 36.7 Å². The molecule has 1 amide bonds. The third-order valence-electron chi connectivity index (χ3n) is 2.10. The van der Waals surface area contributed by atoms with Gasteiger partial charge >= 0.3 is 5.97 Å². The number of hydrogen-bond donors (Lipinski definition) is 2. The first kappa shape index (κ1) is 11.7. The molecule has 0 bridgehead atoms. The van der Waals surface area contributed by atoms with Gasteiger partial charge in [0.2, 0.25) is 11.9 Å². The van der Waals surface area contributed by atoms with Crippen LogP contribution in [0.4, 0.5) is 5.95 Å². The maximum absolute atomic E-state index is 11.6. The van der Waals surface area contributed by atoms with Crippen LogP contribution in [0.15, 0.2) is 30.7 Å². The number of anilines is 1. The molecule has 8 heteroatoms. The van der Waals surface area contributed by atoms with Gasteiger partial charge in [0, 0.05) is 6.20 Å². The zero-order valence-electron chi connectivity index (χ0n) is 9.15. The van der Waals surface area contributed by atoms with Crippen LogP contribution >= 0.6 is 0 Å². The number of carboxylic acid groups (broad SMARTS) is 1. The van der Waals surface area contributed by atoms with Gasteiger partial charge in [-0.05, 0) is 12.1 Å². The molecule has 0 aromatic carbocycles. The van der Waals surface area contributed by atoms with E-state index in [1.54, 1.807) is 6.07 Å². The Hall–Kier alpha value is -2.77. The fourth-order valence-corrected chi connectivity index (χ4v) is 1.37. The molecule has 0 spiro atoms. The summed E-state index contributed by atoms with van der Waals surface area (Å²) in [5.41, 5.74) is 0.0391. The van der Waals surface area contributed by atoms with Crippen molar-refractivity contribution in [2.45, 2.75) is 6.54 Å². The number of nitrogens with zero attached hydrogens (tertiary/aromatic N) is 4. The van der Waals surface area contributed by atoms with Gasteiger partial charge in [-0.3, -0.25) is 10.1 Å². The fraction of sp³-hybridized carbons (Fsp3) is 0.100. The monoisotopic (exact) mass is 247 g/mol. The van der Waals surface area contributed by atoms with Gasteiger partial charge < -0.3 is 9.67 Å². The highest BCUT2D eigenvalue weighted by Crippen LogP contribution is 2.03. The summed E-state index contributed by atoms with van der Waals surface area (Å²) in [5, 5.41) is 18.4. The Morgan fingerprint density at radius 3 is 2.89 bits per heavy atom. The molecule has 0 unspecified atom stereocenters. The van der Waals surface area contributed by atoms with Crippen molar-refractivity contribution in [3.05, 3.63) is 36.4 Å². The third kappa shape index (κ3) is 2.67. The van der Waals surface area contributed by atoms with Crippen molar-refractivity contribution in [3.63, 3.8) is 0 Å². The summed E-state index contributed by atoms with van der Waals surface area (Å²) in [6.45, 7) is -0.132. The fourth-order valence-electron chi connectivity index (χ4n) is 1.37. The van der Waals surface area contributed by atoms with E-state index in [0.717, 1.165) is 0 Å². The Morgan fingerprint density at radius 1 is 1.39 bits per heavy atom. The summed E-state index contributed by atoms with van der Waals surface area (Å²) in [4.78, 5) is 26.2. The van der Waals surface area contributed by atoms with Crippen molar-refractivity contribution >= 4 is 17.8 Å². The highest BCUT2D eigenvalue weighted by Gasteiger charge is 2.12. The van der Waals surface area contributed by atoms with Crippen molar-refractivity contribution < 1.29 is 14.7 Å². The zero-order valence-corrected chi connectivity index (χ0v) is 9.15. The van der Waals surface area contributed by atoms with E-state index in [9.17, 15) is 9.59 Å². The van der Waals surface area contributed by atoms with Crippen molar-refractivity contribution in [3.8, 4) is 0 Å². The molecule has 2 aromatic rings. The SMILES string of the molecule is O=C(Cn1cccc1C(=O)O)Nc1nccnn1. The molecule has 0 aliphatic rings. The van der Waals surface area contributed by atoms with E-state index in [0.29, 0.717) is 0 Å². The molecule has 0 radical (unpaired) electrons. The number of hydrogen-bond acceptors (Lipinski definition) is 5. The molecule has 18 heavy (non-hydrogen) atoms. The standard InChI is InChI=1S/C10H9N5O3/c16-8(13-10-11-3-4-12-14-10)6-15-5-1-2-7(15)9(17)18/h1-5H,6H2,(H,17,18)(H,11,13,14,16). The number of aromatic carboxylic acids is 1. The molecule has 2 heterocycles. The normalized spacial score (nSPS) is 10.0. The maximum Gasteiger partial charge on any atom is 0.352 e. The highest BCUT2D eigenvalue weighted by molar-refractivity contribution is 5.90. The number of carbonyl (C=O) groups excluding carboxylic acids is 1. The average Bonchev–Trinajstić information content (AvgIpc) is 2.78. The van der Waals surface area contributed by atoms with Gasteiger partial charge in [0.25, 0.3) is 0 Å². The van der Waals surface area contributed by atoms with E-state index < -0.39 is 11.9 Å². The number of amides is 1. The molecule has 0 atom stereocenters. The average molecular weight is 247 g/mol. The van der Waals surface area contributed by atoms with E-state index in [1.807, 2.05) is 0 Å². The van der Waals surface area contributed by atoms with Crippen LogP contribution in [0.1, 0.15) is 10.5 Å². The second-order valence-electron chi connectivity index (χ2n) is 3.34. The van der Waals surface area contributed by atoms with Crippen molar-refractivity contribution in [2.24, 2.45) is 0 Å². The lowest BCUT2D eigenvalue weighted by molar-refractivity contribution is -0.116. The Bertz CT molecular complexity index is 566. The summed E-state index contributed by atoms with van der Waals surface area (Å²) in [5.74, 6) is -1.45. The predicted octanol–water partition coefficient (Wildman–Crippen LogP) is 0.01000. The minimum atomic E-state index is -1.09. The second kappa shape index (κ2) is 5.04. The van der Waals surface area contributed by atoms with Crippen molar-refractivity contribution in [2.75, 3.05) is 5.32 Å². The Morgan fingerprint density at radius 2 is 2.22 bits per heavy atom. The molecule has 0 aliphatic heterocycles. The van der Waals surface area contributed by atoms with Crippen LogP contribution in [0, 0.1) is 0 Å². The first-order chi connectivity index (χ1) is 8.66. The zero-order chi connectivity index (χ0) is 13.0. The molecular formula is C10H9N5O3. The number of aromatic nitrogens is 4. The molecule has 0 aliphatic carbocycles. The summed E-state index contributed by atoms with van der Waals surface area (Å²) in [6.07, 6.45) is 4.28. The Labute approximate surface area is 101 Å². The third-order valence-corrected chi connectivity index (χ3v) is 2.10. The quantitative estimate of drug-likeness (QED) is 0.787. The summed E-state index contributed by atoms with van der Waals surface area (Å²) >= 11 is 0. The van der Waals surface area contributed by atoms with Gasteiger partial charge in [0.15, 0.2) is 0 Å². The molecule has 0 fully saturated rings. The van der Waals surface area contributed by atoms with Crippen LogP contribution in [-0.2, 0) is 11.3 Å². The first-order valence-corrected chi connectivity index (χ1v) is 4.99. The van der Waals surface area contributed by atoms with Crippen LogP contribution in [0.2, 0.25) is 0 Å². The molecule has 2 N–H and O–H groups in total. The second-order valence-corrected chi connectivity index (χ2v) is 3.34. The molecule has 2 aromatic heterocycles. The summed E-state index contributed by atoms with van der Waals surface area (Å²) < 4.78 is 1.31. The summed E-state index contributed by atoms with van der Waals surface area (Å²) in [6, 6.07) is 2.97. The van der Waals surface area contributed by atoms with Gasteiger partial charge in [-0.1, -0.05) is 0 Å². The maximum atomic E-state index is 11.6. The molecule has 2 rings (SSSR count). The van der Waals surface area contributed by atoms with Crippen LogP contribution < -0.4 is 5.32 Å². The van der Waals surface area contributed by atoms with Gasteiger partial charge in [0.1, 0.15) is 12.2 Å². The molecular weight excluding hydrogens is 238 g/mol.